The molecule has 3 rings (SSSR count). The van der Waals surface area contributed by atoms with Crippen molar-refractivity contribution in [3.05, 3.63) is 65.7 Å². The number of halogens is 2. The van der Waals surface area contributed by atoms with Crippen molar-refractivity contribution in [3.8, 4) is 0 Å². The minimum absolute atomic E-state index is 0.0458. The van der Waals surface area contributed by atoms with Gasteiger partial charge in [0.25, 0.3) is 5.92 Å². The molecule has 42 heavy (non-hydrogen) atoms. The number of benzene rings is 2. The molecule has 0 saturated carbocycles. The maximum absolute atomic E-state index is 14.2. The van der Waals surface area contributed by atoms with Crippen LogP contribution < -0.4 is 4.90 Å². The quantitative estimate of drug-likeness (QED) is 0.171. The number of rotatable bonds is 11. The second-order valence-corrected chi connectivity index (χ2v) is 12.2. The van der Waals surface area contributed by atoms with Crippen LogP contribution in [0.5, 0.6) is 0 Å². The molecular formula is C32H42F2N2O6. The smallest absolute Gasteiger partial charge is 0.411 e. The maximum atomic E-state index is 14.2. The van der Waals surface area contributed by atoms with E-state index in [1.54, 1.807) is 69.0 Å². The molecule has 1 aliphatic rings. The number of aldehydes is 1. The van der Waals surface area contributed by atoms with Crippen molar-refractivity contribution in [2.45, 2.75) is 77.6 Å². The molecule has 3 atom stereocenters. The zero-order chi connectivity index (χ0) is 31.3. The van der Waals surface area contributed by atoms with Gasteiger partial charge >= 0.3 is 12.1 Å². The molecule has 8 nitrogen and oxygen atoms in total. The number of likely N-dealkylation sites (N-methyl/N-ethyl adjacent to an activating group) is 1. The first-order chi connectivity index (χ1) is 19.6. The molecule has 2 unspecified atom stereocenters. The van der Waals surface area contributed by atoms with Gasteiger partial charge in [-0.15, -0.1) is 0 Å². The van der Waals surface area contributed by atoms with Gasteiger partial charge in [0, 0.05) is 37.5 Å². The number of amides is 1. The number of hydrogen-bond donors (Lipinski definition) is 0. The summed E-state index contributed by atoms with van der Waals surface area (Å²) in [6.45, 7) is 10.2. The highest BCUT2D eigenvalue weighted by molar-refractivity contribution is 5.90. The van der Waals surface area contributed by atoms with E-state index in [-0.39, 0.29) is 32.0 Å². The van der Waals surface area contributed by atoms with E-state index < -0.39 is 41.0 Å². The first-order valence-electron chi connectivity index (χ1n) is 14.1. The minimum Gasteiger partial charge on any atom is -0.444 e. The second kappa shape index (κ2) is 13.2. The summed E-state index contributed by atoms with van der Waals surface area (Å²) in [5.41, 5.74) is -0.798. The number of alkyl halides is 2. The summed E-state index contributed by atoms with van der Waals surface area (Å²) >= 11 is 0. The average Bonchev–Trinajstić information content (AvgIpc) is 3.29. The molecule has 10 heteroatoms. The highest BCUT2D eigenvalue weighted by Gasteiger charge is 2.59. The zero-order valence-corrected chi connectivity index (χ0v) is 25.4. The Hall–Kier alpha value is -3.53. The molecule has 230 valence electrons. The van der Waals surface area contributed by atoms with Crippen molar-refractivity contribution in [2.75, 3.05) is 25.0 Å². The number of carbonyl (C=O) groups is 3. The van der Waals surface area contributed by atoms with Gasteiger partial charge in [-0.25, -0.2) is 18.4 Å². The van der Waals surface area contributed by atoms with E-state index in [1.165, 1.54) is 7.05 Å². The number of nitrogens with zero attached hydrogens (tertiary/aromatic N) is 2. The van der Waals surface area contributed by atoms with Gasteiger partial charge in [0.2, 0.25) is 0 Å². The van der Waals surface area contributed by atoms with Crippen molar-refractivity contribution in [1.82, 2.24) is 4.90 Å². The van der Waals surface area contributed by atoms with E-state index in [9.17, 15) is 23.2 Å². The fourth-order valence-corrected chi connectivity index (χ4v) is 5.62. The number of hydrogen-bond acceptors (Lipinski definition) is 7. The summed E-state index contributed by atoms with van der Waals surface area (Å²) < 4.78 is 33.4. The van der Waals surface area contributed by atoms with Gasteiger partial charge in [0.1, 0.15) is 18.5 Å². The van der Waals surface area contributed by atoms with Crippen molar-refractivity contribution < 1.29 is 37.7 Å². The van der Waals surface area contributed by atoms with Crippen molar-refractivity contribution in [2.24, 2.45) is 11.8 Å². The first kappa shape index (κ1) is 33.0. The third-order valence-electron chi connectivity index (χ3n) is 7.58. The molecule has 0 bridgehead atoms. The number of ether oxygens (including phenoxy) is 1. The van der Waals surface area contributed by atoms with Crippen LogP contribution in [0.4, 0.5) is 19.3 Å². The summed E-state index contributed by atoms with van der Waals surface area (Å²) in [4.78, 5) is 53.7. The van der Waals surface area contributed by atoms with Crippen LogP contribution in [0.15, 0.2) is 54.6 Å². The molecule has 1 saturated heterocycles. The standard InChI is InChI=1S/C32H42F2N2O6/c1-22(2)27(25-13-15-26(16-14-25)36-18-17-31(33,34)21-36)32(23(3)19-37,35(7)29(39)41-30(4,5)6)28(38)42-40-20-24-11-9-8-10-12-24/h8-16,19,22-23,27H,17-18,20-21H2,1-7H3/t23?,27?,32-/m1/s1. The molecule has 1 aliphatic heterocycles. The summed E-state index contributed by atoms with van der Waals surface area (Å²) in [5, 5.41) is 0. The normalized spacial score (nSPS) is 17.7. The summed E-state index contributed by atoms with van der Waals surface area (Å²) in [6, 6.07) is 16.0. The van der Waals surface area contributed by atoms with Crippen LogP contribution in [0.1, 0.15) is 65.0 Å². The molecule has 2 aromatic rings. The van der Waals surface area contributed by atoms with Crippen molar-refractivity contribution >= 4 is 24.0 Å². The molecule has 0 aliphatic carbocycles. The second-order valence-electron chi connectivity index (χ2n) is 12.2. The van der Waals surface area contributed by atoms with Crippen molar-refractivity contribution in [3.63, 3.8) is 0 Å². The highest BCUT2D eigenvalue weighted by atomic mass is 19.3. The Morgan fingerprint density at radius 2 is 1.67 bits per heavy atom. The van der Waals surface area contributed by atoms with Gasteiger partial charge in [-0.3, -0.25) is 9.79 Å². The van der Waals surface area contributed by atoms with Crippen molar-refractivity contribution in [1.29, 1.82) is 0 Å². The van der Waals surface area contributed by atoms with Gasteiger partial charge in [-0.2, -0.15) is 4.89 Å². The lowest BCUT2D eigenvalue weighted by Crippen LogP contribution is -2.65. The lowest BCUT2D eigenvalue weighted by Gasteiger charge is -2.48. The molecule has 0 spiro atoms. The van der Waals surface area contributed by atoms with Crippen LogP contribution in [0.2, 0.25) is 0 Å². The van der Waals surface area contributed by atoms with E-state index in [2.05, 4.69) is 0 Å². The van der Waals surface area contributed by atoms with Gasteiger partial charge in [0.15, 0.2) is 5.54 Å². The Balaban J connectivity index is 2.08. The SMILES string of the molecule is CC(C)C(c1ccc(N2CCC(F)(F)C2)cc1)[C@@](C(=O)OOCc1ccccc1)(C(C)C=O)N(C)C(=O)OC(C)(C)C. The fourth-order valence-electron chi connectivity index (χ4n) is 5.62. The van der Waals surface area contributed by atoms with Crippen LogP contribution in [0, 0.1) is 11.8 Å². The Kier molecular flexibility index (Phi) is 10.4. The van der Waals surface area contributed by atoms with Gasteiger partial charge in [-0.05, 0) is 49.9 Å². The Morgan fingerprint density at radius 1 is 1.05 bits per heavy atom. The molecule has 2 aromatic carbocycles. The van der Waals surface area contributed by atoms with Crippen LogP contribution in [0.25, 0.3) is 0 Å². The highest BCUT2D eigenvalue weighted by Crippen LogP contribution is 2.45. The van der Waals surface area contributed by atoms with E-state index in [0.717, 1.165) is 10.5 Å². The predicted octanol–water partition coefficient (Wildman–Crippen LogP) is 6.39. The van der Waals surface area contributed by atoms with Gasteiger partial charge < -0.3 is 14.4 Å². The lowest BCUT2D eigenvalue weighted by atomic mass is 9.66. The third-order valence-corrected chi connectivity index (χ3v) is 7.58. The molecular weight excluding hydrogens is 546 g/mol. The summed E-state index contributed by atoms with van der Waals surface area (Å²) in [6.07, 6.45) is -0.438. The third kappa shape index (κ3) is 7.45. The van der Waals surface area contributed by atoms with Gasteiger partial charge in [0.05, 0.1) is 6.54 Å². The van der Waals surface area contributed by atoms with Crippen LogP contribution in [-0.4, -0.2) is 60.4 Å². The molecule has 1 heterocycles. The van der Waals surface area contributed by atoms with E-state index in [0.29, 0.717) is 17.5 Å². The average molecular weight is 589 g/mol. The summed E-state index contributed by atoms with van der Waals surface area (Å²) in [7, 11) is 1.41. The lowest BCUT2D eigenvalue weighted by molar-refractivity contribution is -0.290. The minimum atomic E-state index is -2.76. The monoisotopic (exact) mass is 588 g/mol. The van der Waals surface area contributed by atoms with E-state index in [1.807, 2.05) is 32.0 Å². The molecule has 0 aromatic heterocycles. The fraction of sp³-hybridized carbons (Fsp3) is 0.531. The zero-order valence-electron chi connectivity index (χ0n) is 25.4. The largest absolute Gasteiger partial charge is 0.444 e. The van der Waals surface area contributed by atoms with E-state index in [4.69, 9.17) is 14.5 Å². The van der Waals surface area contributed by atoms with Crippen LogP contribution in [0.3, 0.4) is 0 Å². The Morgan fingerprint density at radius 3 is 2.17 bits per heavy atom. The summed E-state index contributed by atoms with van der Waals surface area (Å²) in [5.74, 6) is -5.84. The number of carbonyl (C=O) groups excluding carboxylic acids is 3. The number of anilines is 1. The maximum Gasteiger partial charge on any atom is 0.411 e. The first-order valence-corrected chi connectivity index (χ1v) is 14.1. The topological polar surface area (TPSA) is 85.4 Å². The predicted molar refractivity (Wildman–Crippen MR) is 155 cm³/mol. The van der Waals surface area contributed by atoms with Crippen LogP contribution >= 0.6 is 0 Å². The molecule has 1 amide bonds. The van der Waals surface area contributed by atoms with Gasteiger partial charge in [-0.1, -0.05) is 63.2 Å². The molecule has 0 N–H and O–H groups in total. The molecule has 1 fully saturated rings. The van der Waals surface area contributed by atoms with Crippen LogP contribution in [-0.2, 0) is 30.7 Å². The molecule has 0 radical (unpaired) electrons. The Bertz CT molecular complexity index is 1220. The van der Waals surface area contributed by atoms with E-state index >= 15 is 0 Å². The Labute approximate surface area is 246 Å².